The second-order valence-electron chi connectivity index (χ2n) is 4.40. The maximum atomic E-state index is 5.48. The van der Waals surface area contributed by atoms with Crippen molar-refractivity contribution in [1.29, 1.82) is 0 Å². The normalized spacial score (nSPS) is 10.8. The van der Waals surface area contributed by atoms with Crippen LogP contribution in [-0.4, -0.2) is 38.7 Å². The number of benzene rings is 1. The maximum Gasteiger partial charge on any atom is 0.118 e. The number of nitrogens with two attached hydrogens (primary N) is 1. The fourth-order valence-corrected chi connectivity index (χ4v) is 1.75. The Balaban J connectivity index is 2.24. The zero-order chi connectivity index (χ0) is 12.5. The van der Waals surface area contributed by atoms with Crippen LogP contribution in [0.3, 0.4) is 0 Å². The van der Waals surface area contributed by atoms with E-state index in [1.165, 1.54) is 12.0 Å². The Morgan fingerprint density at radius 3 is 2.41 bits per heavy atom. The molecule has 3 nitrogen and oxygen atoms in total. The number of nitrogens with zero attached hydrogens (tertiary/aromatic N) is 1. The molecule has 0 atom stereocenters. The molecule has 0 saturated carbocycles. The topological polar surface area (TPSA) is 38.5 Å². The molecule has 1 aromatic rings. The Morgan fingerprint density at radius 1 is 1.12 bits per heavy atom. The first-order valence-electron chi connectivity index (χ1n) is 6.28. The smallest absolute Gasteiger partial charge is 0.118 e. The van der Waals surface area contributed by atoms with Gasteiger partial charge in [0.1, 0.15) is 5.75 Å². The molecule has 3 heteroatoms. The predicted octanol–water partition coefficient (Wildman–Crippen LogP) is 1.91. The molecule has 1 rings (SSSR count). The Labute approximate surface area is 105 Å². The lowest BCUT2D eigenvalue weighted by atomic mass is 10.1. The lowest BCUT2D eigenvalue weighted by molar-refractivity contribution is 0.331. The molecule has 0 bridgehead atoms. The lowest BCUT2D eigenvalue weighted by Crippen LogP contribution is -2.22. The van der Waals surface area contributed by atoms with Gasteiger partial charge in [0.05, 0.1) is 7.11 Å². The Morgan fingerprint density at radius 2 is 1.82 bits per heavy atom. The third-order valence-corrected chi connectivity index (χ3v) is 2.94. The van der Waals surface area contributed by atoms with E-state index in [4.69, 9.17) is 10.5 Å². The number of hydrogen-bond donors (Lipinski definition) is 1. The fraction of sp³-hybridized carbons (Fsp3) is 0.571. The molecular weight excluding hydrogens is 212 g/mol. The van der Waals surface area contributed by atoms with Crippen LogP contribution in [0, 0.1) is 0 Å². The summed E-state index contributed by atoms with van der Waals surface area (Å²) < 4.78 is 5.14. The van der Waals surface area contributed by atoms with Gasteiger partial charge in [0, 0.05) is 6.54 Å². The third-order valence-electron chi connectivity index (χ3n) is 2.94. The number of rotatable bonds is 8. The summed E-state index contributed by atoms with van der Waals surface area (Å²) in [4.78, 5) is 2.36. The molecule has 1 aromatic carbocycles. The van der Waals surface area contributed by atoms with Crippen LogP contribution in [0.5, 0.6) is 5.75 Å². The summed E-state index contributed by atoms with van der Waals surface area (Å²) >= 11 is 0. The van der Waals surface area contributed by atoms with E-state index in [0.717, 1.165) is 38.2 Å². The summed E-state index contributed by atoms with van der Waals surface area (Å²) in [5.41, 5.74) is 6.83. The van der Waals surface area contributed by atoms with Crippen LogP contribution in [0.25, 0.3) is 0 Å². The minimum absolute atomic E-state index is 0.798. The van der Waals surface area contributed by atoms with Crippen molar-refractivity contribution in [3.05, 3.63) is 29.8 Å². The van der Waals surface area contributed by atoms with Gasteiger partial charge in [-0.25, -0.2) is 0 Å². The molecule has 0 heterocycles. The highest BCUT2D eigenvalue weighted by Gasteiger charge is 1.99. The highest BCUT2D eigenvalue weighted by atomic mass is 16.5. The third kappa shape index (κ3) is 5.71. The summed E-state index contributed by atoms with van der Waals surface area (Å²) in [6.45, 7) is 3.02. The van der Waals surface area contributed by atoms with Gasteiger partial charge >= 0.3 is 0 Å². The van der Waals surface area contributed by atoms with Gasteiger partial charge in [-0.15, -0.1) is 0 Å². The standard InChI is InChI=1S/C14H24N2O/c1-16(11-4-3-10-15)12-9-13-5-7-14(17-2)8-6-13/h5-8H,3-4,9-12,15H2,1-2H3. The van der Waals surface area contributed by atoms with Crippen LogP contribution in [0.15, 0.2) is 24.3 Å². The van der Waals surface area contributed by atoms with E-state index in [1.54, 1.807) is 7.11 Å². The molecule has 17 heavy (non-hydrogen) atoms. The monoisotopic (exact) mass is 236 g/mol. The number of unbranched alkanes of at least 4 members (excludes halogenated alkanes) is 1. The van der Waals surface area contributed by atoms with E-state index >= 15 is 0 Å². The molecule has 0 aromatic heterocycles. The SMILES string of the molecule is COc1ccc(CCN(C)CCCCN)cc1. The average molecular weight is 236 g/mol. The van der Waals surface area contributed by atoms with Gasteiger partial charge in [0.2, 0.25) is 0 Å². The average Bonchev–Trinajstić information content (AvgIpc) is 2.37. The quantitative estimate of drug-likeness (QED) is 0.701. The molecule has 0 aliphatic heterocycles. The van der Waals surface area contributed by atoms with Gasteiger partial charge in [-0.1, -0.05) is 12.1 Å². The van der Waals surface area contributed by atoms with Crippen LogP contribution >= 0.6 is 0 Å². The van der Waals surface area contributed by atoms with E-state index in [-0.39, 0.29) is 0 Å². The summed E-state index contributed by atoms with van der Waals surface area (Å²) in [6, 6.07) is 8.30. The van der Waals surface area contributed by atoms with E-state index < -0.39 is 0 Å². The summed E-state index contributed by atoms with van der Waals surface area (Å²) in [6.07, 6.45) is 3.39. The van der Waals surface area contributed by atoms with Gasteiger partial charge < -0.3 is 15.4 Å². The van der Waals surface area contributed by atoms with E-state index in [2.05, 4.69) is 24.1 Å². The number of ether oxygens (including phenoxy) is 1. The van der Waals surface area contributed by atoms with Crippen LogP contribution in [0.4, 0.5) is 0 Å². The fourth-order valence-electron chi connectivity index (χ4n) is 1.75. The summed E-state index contributed by atoms with van der Waals surface area (Å²) in [5, 5.41) is 0. The molecule has 0 spiro atoms. The zero-order valence-electron chi connectivity index (χ0n) is 11.0. The molecule has 0 fully saturated rings. The highest BCUT2D eigenvalue weighted by molar-refractivity contribution is 5.27. The summed E-state index contributed by atoms with van der Waals surface area (Å²) in [5.74, 6) is 0.921. The van der Waals surface area contributed by atoms with Crippen LogP contribution in [-0.2, 0) is 6.42 Å². The summed E-state index contributed by atoms with van der Waals surface area (Å²) in [7, 11) is 3.86. The minimum Gasteiger partial charge on any atom is -0.497 e. The molecule has 0 saturated heterocycles. The van der Waals surface area contributed by atoms with Gasteiger partial charge in [0.25, 0.3) is 0 Å². The van der Waals surface area contributed by atoms with Gasteiger partial charge in [0.15, 0.2) is 0 Å². The highest BCUT2D eigenvalue weighted by Crippen LogP contribution is 2.11. The van der Waals surface area contributed by atoms with Crippen LogP contribution in [0.1, 0.15) is 18.4 Å². The Hall–Kier alpha value is -1.06. The van der Waals surface area contributed by atoms with Gasteiger partial charge in [-0.2, -0.15) is 0 Å². The van der Waals surface area contributed by atoms with Crippen molar-refractivity contribution >= 4 is 0 Å². The van der Waals surface area contributed by atoms with E-state index in [9.17, 15) is 0 Å². The molecule has 0 radical (unpaired) electrons. The van der Waals surface area contributed by atoms with Crippen molar-refractivity contribution in [3.8, 4) is 5.75 Å². The molecule has 2 N–H and O–H groups in total. The van der Waals surface area contributed by atoms with Crippen molar-refractivity contribution in [2.75, 3.05) is 33.8 Å². The van der Waals surface area contributed by atoms with Crippen molar-refractivity contribution in [3.63, 3.8) is 0 Å². The molecule has 0 aliphatic rings. The second-order valence-corrected chi connectivity index (χ2v) is 4.40. The first-order chi connectivity index (χ1) is 8.26. The molecular formula is C14H24N2O. The lowest BCUT2D eigenvalue weighted by Gasteiger charge is -2.16. The molecule has 96 valence electrons. The molecule has 0 aliphatic carbocycles. The first kappa shape index (κ1) is 14.0. The van der Waals surface area contributed by atoms with Crippen molar-refractivity contribution in [2.24, 2.45) is 5.73 Å². The molecule has 0 amide bonds. The van der Waals surface area contributed by atoms with E-state index in [0.29, 0.717) is 0 Å². The Bertz CT molecular complexity index is 298. The van der Waals surface area contributed by atoms with Crippen LogP contribution < -0.4 is 10.5 Å². The largest absolute Gasteiger partial charge is 0.497 e. The molecule has 0 unspecified atom stereocenters. The van der Waals surface area contributed by atoms with Gasteiger partial charge in [-0.05, 0) is 57.1 Å². The van der Waals surface area contributed by atoms with Crippen molar-refractivity contribution in [1.82, 2.24) is 4.90 Å². The first-order valence-corrected chi connectivity index (χ1v) is 6.28. The number of methoxy groups -OCH3 is 1. The van der Waals surface area contributed by atoms with Crippen molar-refractivity contribution < 1.29 is 4.74 Å². The number of hydrogen-bond acceptors (Lipinski definition) is 3. The van der Waals surface area contributed by atoms with Crippen LogP contribution in [0.2, 0.25) is 0 Å². The minimum atomic E-state index is 0.798. The predicted molar refractivity (Wildman–Crippen MR) is 72.5 cm³/mol. The van der Waals surface area contributed by atoms with Crippen molar-refractivity contribution in [2.45, 2.75) is 19.3 Å². The Kier molecular flexibility index (Phi) is 6.67. The second kappa shape index (κ2) is 8.09. The maximum absolute atomic E-state index is 5.48. The van der Waals surface area contributed by atoms with Gasteiger partial charge in [-0.3, -0.25) is 0 Å². The number of likely N-dealkylation sites (N-methyl/N-ethyl adjacent to an activating group) is 1. The van der Waals surface area contributed by atoms with E-state index in [1.807, 2.05) is 12.1 Å². The zero-order valence-corrected chi connectivity index (χ0v) is 11.0.